The minimum atomic E-state index is -0.0696. The maximum atomic E-state index is 12.5. The fourth-order valence-electron chi connectivity index (χ4n) is 3.53. The van der Waals surface area contributed by atoms with Crippen molar-refractivity contribution in [2.75, 3.05) is 35.5 Å². The van der Waals surface area contributed by atoms with Crippen LogP contribution in [0.4, 0.5) is 5.69 Å². The number of benzene rings is 3. The molecule has 0 atom stereocenters. The molecule has 3 aromatic rings. The van der Waals surface area contributed by atoms with Crippen molar-refractivity contribution in [3.63, 3.8) is 0 Å². The predicted molar refractivity (Wildman–Crippen MR) is 143 cm³/mol. The number of rotatable bonds is 11. The van der Waals surface area contributed by atoms with Gasteiger partial charge in [-0.3, -0.25) is 9.79 Å². The van der Waals surface area contributed by atoms with E-state index in [1.165, 1.54) is 0 Å². The maximum absolute atomic E-state index is 12.5. The molecule has 0 aliphatic carbocycles. The summed E-state index contributed by atoms with van der Waals surface area (Å²) in [6.07, 6.45) is 5.49. The van der Waals surface area contributed by atoms with Crippen LogP contribution in [0, 0.1) is 0 Å². The lowest BCUT2D eigenvalue weighted by molar-refractivity contribution is 0.100. The summed E-state index contributed by atoms with van der Waals surface area (Å²) in [5.41, 5.74) is 2.76. The van der Waals surface area contributed by atoms with Crippen LogP contribution in [-0.2, 0) is 0 Å². The second-order valence-corrected chi connectivity index (χ2v) is 7.95. The number of halogens is 1. The molecule has 0 N–H and O–H groups in total. The molecular formula is C28H28ClNO6. The Bertz CT molecular complexity index is 1240. The molecule has 188 valence electrons. The van der Waals surface area contributed by atoms with Crippen LogP contribution in [0.2, 0.25) is 5.02 Å². The highest BCUT2D eigenvalue weighted by Crippen LogP contribution is 2.40. The number of nitrogens with zero attached hydrogens (tertiary/aromatic N) is 1. The summed E-state index contributed by atoms with van der Waals surface area (Å²) in [6.45, 7) is 0. The Labute approximate surface area is 215 Å². The standard InChI is InChI=1S/C28H28ClNO6/c1-32-24-15-18(6-7-19-16-25(33-2)28(36-5)26(17-19)34-3)14-22(27(24)35-4)30-13-12-23(31)20-8-10-21(29)11-9-20/h6-11,13-17H,12H2,1-5H3/b7-6-,30-13?. The van der Waals surface area contributed by atoms with Gasteiger partial charge >= 0.3 is 0 Å². The van der Waals surface area contributed by atoms with Gasteiger partial charge in [0.25, 0.3) is 0 Å². The van der Waals surface area contributed by atoms with Crippen molar-refractivity contribution in [3.05, 3.63) is 70.2 Å². The first kappa shape index (κ1) is 26.6. The van der Waals surface area contributed by atoms with E-state index in [0.29, 0.717) is 45.0 Å². The van der Waals surface area contributed by atoms with Gasteiger partial charge in [0, 0.05) is 23.2 Å². The molecule has 0 aromatic heterocycles. The number of hydrogen-bond acceptors (Lipinski definition) is 7. The third-order valence-corrected chi connectivity index (χ3v) is 5.56. The number of hydrogen-bond donors (Lipinski definition) is 0. The zero-order valence-corrected chi connectivity index (χ0v) is 21.6. The summed E-state index contributed by atoms with van der Waals surface area (Å²) in [4.78, 5) is 17.0. The highest BCUT2D eigenvalue weighted by molar-refractivity contribution is 6.30. The van der Waals surface area contributed by atoms with E-state index in [-0.39, 0.29) is 12.2 Å². The average Bonchev–Trinajstić information content (AvgIpc) is 2.90. The highest BCUT2D eigenvalue weighted by atomic mass is 35.5. The molecular weight excluding hydrogens is 482 g/mol. The summed E-state index contributed by atoms with van der Waals surface area (Å²) in [7, 11) is 7.80. The quantitative estimate of drug-likeness (QED) is 0.166. The Kier molecular flexibility index (Phi) is 9.36. The fraction of sp³-hybridized carbons (Fsp3) is 0.214. The maximum Gasteiger partial charge on any atom is 0.203 e. The molecule has 36 heavy (non-hydrogen) atoms. The monoisotopic (exact) mass is 509 g/mol. The summed E-state index contributed by atoms with van der Waals surface area (Å²) in [5.74, 6) is 2.55. The lowest BCUT2D eigenvalue weighted by atomic mass is 10.1. The number of Topliss-reactive ketones (excluding diaryl/α,β-unsaturated/α-hetero) is 1. The largest absolute Gasteiger partial charge is 0.493 e. The summed E-state index contributed by atoms with van der Waals surface area (Å²) in [6, 6.07) is 14.1. The van der Waals surface area contributed by atoms with Crippen LogP contribution in [0.3, 0.4) is 0 Å². The van der Waals surface area contributed by atoms with Gasteiger partial charge in [0.15, 0.2) is 28.8 Å². The third kappa shape index (κ3) is 6.37. The van der Waals surface area contributed by atoms with Crippen molar-refractivity contribution >= 4 is 41.4 Å². The first-order valence-electron chi connectivity index (χ1n) is 11.0. The van der Waals surface area contributed by atoms with Gasteiger partial charge in [-0.15, -0.1) is 0 Å². The van der Waals surface area contributed by atoms with Gasteiger partial charge in [-0.1, -0.05) is 23.8 Å². The topological polar surface area (TPSA) is 75.6 Å². The lowest BCUT2D eigenvalue weighted by Crippen LogP contribution is -1.99. The first-order valence-corrected chi connectivity index (χ1v) is 11.4. The Morgan fingerprint density at radius 2 is 1.25 bits per heavy atom. The molecule has 3 aromatic carbocycles. The Hall–Kier alpha value is -3.97. The van der Waals surface area contributed by atoms with Gasteiger partial charge < -0.3 is 23.7 Å². The first-order chi connectivity index (χ1) is 17.4. The van der Waals surface area contributed by atoms with E-state index in [9.17, 15) is 4.79 Å². The van der Waals surface area contributed by atoms with Crippen molar-refractivity contribution in [3.8, 4) is 28.7 Å². The molecule has 0 aliphatic rings. The Morgan fingerprint density at radius 3 is 1.75 bits per heavy atom. The molecule has 0 fully saturated rings. The van der Waals surface area contributed by atoms with Gasteiger partial charge in [0.2, 0.25) is 5.75 Å². The summed E-state index contributed by atoms with van der Waals surface area (Å²) < 4.78 is 27.3. The zero-order valence-electron chi connectivity index (χ0n) is 20.8. The molecule has 0 radical (unpaired) electrons. The molecule has 0 saturated heterocycles. The van der Waals surface area contributed by atoms with Gasteiger partial charge in [-0.05, 0) is 59.7 Å². The van der Waals surface area contributed by atoms with Gasteiger partial charge in [0.05, 0.1) is 35.5 Å². The molecule has 0 amide bonds. The smallest absolute Gasteiger partial charge is 0.203 e. The molecule has 0 saturated carbocycles. The van der Waals surface area contributed by atoms with E-state index >= 15 is 0 Å². The van der Waals surface area contributed by atoms with Crippen LogP contribution in [0.5, 0.6) is 28.7 Å². The average molecular weight is 510 g/mol. The SMILES string of the molecule is COc1cc(/C=C\c2cc(OC)c(OC)c(OC)c2)cc(N=CCC(=O)c2ccc(Cl)cc2)c1OC. The van der Waals surface area contributed by atoms with Crippen LogP contribution >= 0.6 is 11.6 Å². The molecule has 0 spiro atoms. The molecule has 7 nitrogen and oxygen atoms in total. The predicted octanol–water partition coefficient (Wildman–Crippen LogP) is 6.53. The van der Waals surface area contributed by atoms with E-state index in [0.717, 1.165) is 11.1 Å². The minimum Gasteiger partial charge on any atom is -0.493 e. The van der Waals surface area contributed by atoms with Crippen molar-refractivity contribution < 1.29 is 28.5 Å². The van der Waals surface area contributed by atoms with E-state index in [1.54, 1.807) is 66.0 Å². The normalized spacial score (nSPS) is 11.1. The Morgan fingerprint density at radius 1 is 0.750 bits per heavy atom. The van der Waals surface area contributed by atoms with E-state index in [4.69, 9.17) is 35.3 Å². The number of methoxy groups -OCH3 is 5. The van der Waals surface area contributed by atoms with Crippen molar-refractivity contribution in [2.24, 2.45) is 4.99 Å². The zero-order chi connectivity index (χ0) is 26.1. The van der Waals surface area contributed by atoms with Crippen molar-refractivity contribution in [1.29, 1.82) is 0 Å². The van der Waals surface area contributed by atoms with Crippen LogP contribution < -0.4 is 23.7 Å². The number of carbonyl (C=O) groups excluding carboxylic acids is 1. The Balaban J connectivity index is 1.89. The second kappa shape index (κ2) is 12.7. The van der Waals surface area contributed by atoms with Gasteiger partial charge in [-0.25, -0.2) is 0 Å². The summed E-state index contributed by atoms with van der Waals surface area (Å²) in [5, 5.41) is 0.577. The van der Waals surface area contributed by atoms with E-state index in [1.807, 2.05) is 36.4 Å². The molecule has 0 bridgehead atoms. The summed E-state index contributed by atoms with van der Waals surface area (Å²) >= 11 is 5.90. The molecule has 8 heteroatoms. The molecule has 0 heterocycles. The lowest BCUT2D eigenvalue weighted by Gasteiger charge is -2.13. The number of ether oxygens (including phenoxy) is 5. The third-order valence-electron chi connectivity index (χ3n) is 5.31. The minimum absolute atomic E-state index is 0.0696. The second-order valence-electron chi connectivity index (χ2n) is 7.51. The van der Waals surface area contributed by atoms with Crippen LogP contribution in [0.25, 0.3) is 12.2 Å². The van der Waals surface area contributed by atoms with Crippen molar-refractivity contribution in [2.45, 2.75) is 6.42 Å². The fourth-order valence-corrected chi connectivity index (χ4v) is 3.65. The number of ketones is 1. The van der Waals surface area contributed by atoms with Crippen molar-refractivity contribution in [1.82, 2.24) is 0 Å². The molecule has 0 unspecified atom stereocenters. The van der Waals surface area contributed by atoms with Gasteiger partial charge in [-0.2, -0.15) is 0 Å². The van der Waals surface area contributed by atoms with Crippen LogP contribution in [0.1, 0.15) is 27.9 Å². The molecule has 0 aliphatic heterocycles. The molecule has 3 rings (SSSR count). The number of aliphatic imine (C=N–C) groups is 1. The number of carbonyl (C=O) groups is 1. The van der Waals surface area contributed by atoms with E-state index < -0.39 is 0 Å². The highest BCUT2D eigenvalue weighted by Gasteiger charge is 2.14. The van der Waals surface area contributed by atoms with Gasteiger partial charge in [0.1, 0.15) is 5.69 Å². The van der Waals surface area contributed by atoms with Crippen LogP contribution in [0.15, 0.2) is 53.5 Å². The van der Waals surface area contributed by atoms with E-state index in [2.05, 4.69) is 4.99 Å². The van der Waals surface area contributed by atoms with Crippen LogP contribution in [-0.4, -0.2) is 47.5 Å².